The molecule has 3 N–H and O–H groups in total. The summed E-state index contributed by atoms with van der Waals surface area (Å²) in [7, 11) is 1.83. The van der Waals surface area contributed by atoms with Gasteiger partial charge in [0.25, 0.3) is 0 Å². The molecule has 0 spiro atoms. The second kappa shape index (κ2) is 11.2. The van der Waals surface area contributed by atoms with E-state index in [-0.39, 0.29) is 13.2 Å². The Balaban J connectivity index is 0.00000155. The number of amides is 1. The fraction of sp³-hybridized carbons (Fsp3) is 0.381. The van der Waals surface area contributed by atoms with Crippen LogP contribution >= 0.6 is 0 Å². The van der Waals surface area contributed by atoms with Crippen LogP contribution in [0.15, 0.2) is 36.5 Å². The standard InChI is InChI=1S/C19H22FN5O3.C2H6/c1-22-6-7-24(12-21)18-5-2-13(9-23-18)16-4-3-14(8-17(16)20)25-10-15(11-26)28-19(25)27;1-2/h2-5,8-9,12,15,21-22,26H,6-7,10-11H2,1H3;1-2H3. The number of nitrogens with zero attached hydrogens (tertiary/aromatic N) is 3. The number of carbonyl (C=O) groups is 1. The summed E-state index contributed by atoms with van der Waals surface area (Å²) in [5, 5.41) is 19.6. The molecule has 9 heteroatoms. The number of nitrogens with one attached hydrogen (secondary N) is 2. The fourth-order valence-electron chi connectivity index (χ4n) is 2.93. The van der Waals surface area contributed by atoms with Crippen LogP contribution in [0.5, 0.6) is 0 Å². The van der Waals surface area contributed by atoms with Gasteiger partial charge >= 0.3 is 6.09 Å². The molecule has 0 bridgehead atoms. The number of carbonyl (C=O) groups excluding carboxylic acids is 1. The molecule has 1 amide bonds. The maximum Gasteiger partial charge on any atom is 0.414 e. The van der Waals surface area contributed by atoms with E-state index in [2.05, 4.69) is 10.3 Å². The van der Waals surface area contributed by atoms with Crippen molar-refractivity contribution in [2.24, 2.45) is 0 Å². The molecule has 1 aliphatic rings. The molecule has 30 heavy (non-hydrogen) atoms. The monoisotopic (exact) mass is 417 g/mol. The number of aliphatic hydroxyl groups excluding tert-OH is 1. The molecule has 1 atom stereocenters. The summed E-state index contributed by atoms with van der Waals surface area (Å²) in [4.78, 5) is 19.1. The topological polar surface area (TPSA) is 102 Å². The van der Waals surface area contributed by atoms with Gasteiger partial charge < -0.3 is 20.1 Å². The van der Waals surface area contributed by atoms with E-state index in [0.717, 1.165) is 0 Å². The maximum absolute atomic E-state index is 14.7. The Kier molecular flexibility index (Phi) is 8.70. The number of halogens is 1. The molecule has 0 aliphatic carbocycles. The molecule has 2 aromatic rings. The lowest BCUT2D eigenvalue weighted by Crippen LogP contribution is -2.29. The first-order valence-electron chi connectivity index (χ1n) is 9.84. The zero-order valence-corrected chi connectivity index (χ0v) is 17.4. The quantitative estimate of drug-likeness (QED) is 0.451. The minimum atomic E-state index is -0.606. The largest absolute Gasteiger partial charge is 0.441 e. The second-order valence-electron chi connectivity index (χ2n) is 6.29. The van der Waals surface area contributed by atoms with Gasteiger partial charge in [0.05, 0.1) is 25.2 Å². The Morgan fingerprint density at radius 1 is 1.40 bits per heavy atom. The lowest BCUT2D eigenvalue weighted by Gasteiger charge is -2.18. The summed E-state index contributed by atoms with van der Waals surface area (Å²) < 4.78 is 19.7. The van der Waals surface area contributed by atoms with Crippen molar-refractivity contribution in [3.8, 4) is 11.1 Å². The smallest absolute Gasteiger partial charge is 0.414 e. The molecule has 8 nitrogen and oxygen atoms in total. The zero-order chi connectivity index (χ0) is 22.1. The van der Waals surface area contributed by atoms with Gasteiger partial charge in [-0.1, -0.05) is 13.8 Å². The number of benzene rings is 1. The Bertz CT molecular complexity index is 847. The van der Waals surface area contributed by atoms with Crippen molar-refractivity contribution in [1.29, 1.82) is 5.41 Å². The Morgan fingerprint density at radius 2 is 2.17 bits per heavy atom. The number of likely N-dealkylation sites (N-methyl/N-ethyl adjacent to an activating group) is 1. The number of hydrogen-bond donors (Lipinski definition) is 3. The highest BCUT2D eigenvalue weighted by molar-refractivity contribution is 5.90. The zero-order valence-electron chi connectivity index (χ0n) is 17.4. The molecule has 162 valence electrons. The highest BCUT2D eigenvalue weighted by Crippen LogP contribution is 2.29. The van der Waals surface area contributed by atoms with E-state index in [9.17, 15) is 9.18 Å². The maximum atomic E-state index is 14.7. The molecule has 1 aromatic heterocycles. The van der Waals surface area contributed by atoms with Gasteiger partial charge in [-0.25, -0.2) is 14.2 Å². The summed E-state index contributed by atoms with van der Waals surface area (Å²) in [5.74, 6) is 0.104. The molecule has 0 radical (unpaired) electrons. The average Bonchev–Trinajstić information content (AvgIpc) is 3.17. The lowest BCUT2D eigenvalue weighted by molar-refractivity contribution is 0.0963. The van der Waals surface area contributed by atoms with Crippen LogP contribution in [0, 0.1) is 11.2 Å². The van der Waals surface area contributed by atoms with Gasteiger partial charge in [0, 0.05) is 30.4 Å². The first kappa shape index (κ1) is 23.2. The normalized spacial score (nSPS) is 15.3. The number of rotatable bonds is 8. The summed E-state index contributed by atoms with van der Waals surface area (Å²) in [5.41, 5.74) is 1.31. The third-order valence-corrected chi connectivity index (χ3v) is 4.45. The van der Waals surface area contributed by atoms with E-state index in [4.69, 9.17) is 15.3 Å². The van der Waals surface area contributed by atoms with Crippen molar-refractivity contribution >= 4 is 23.9 Å². The number of aromatic nitrogens is 1. The summed E-state index contributed by atoms with van der Waals surface area (Å²) in [6, 6.07) is 7.94. The van der Waals surface area contributed by atoms with Gasteiger partial charge in [-0.3, -0.25) is 10.3 Å². The van der Waals surface area contributed by atoms with Crippen LogP contribution < -0.4 is 15.1 Å². The minimum Gasteiger partial charge on any atom is -0.441 e. The third-order valence-electron chi connectivity index (χ3n) is 4.45. The van der Waals surface area contributed by atoms with Crippen LogP contribution in [0.2, 0.25) is 0 Å². The number of cyclic esters (lactones) is 1. The predicted molar refractivity (Wildman–Crippen MR) is 116 cm³/mol. The van der Waals surface area contributed by atoms with Gasteiger partial charge in [-0.15, -0.1) is 0 Å². The molecular formula is C21H28FN5O3. The Hall–Kier alpha value is -3.04. The molecule has 1 aliphatic heterocycles. The minimum absolute atomic E-state index is 0.177. The van der Waals surface area contributed by atoms with Crippen LogP contribution in [0.25, 0.3) is 11.1 Å². The highest BCUT2D eigenvalue weighted by atomic mass is 19.1. The van der Waals surface area contributed by atoms with E-state index < -0.39 is 18.0 Å². The lowest BCUT2D eigenvalue weighted by atomic mass is 10.1. The molecular weight excluding hydrogens is 389 g/mol. The first-order chi connectivity index (χ1) is 14.6. The second-order valence-corrected chi connectivity index (χ2v) is 6.29. The number of aliphatic hydroxyl groups is 1. The highest BCUT2D eigenvalue weighted by Gasteiger charge is 2.32. The third kappa shape index (κ3) is 5.31. The van der Waals surface area contributed by atoms with Gasteiger partial charge in [-0.05, 0) is 37.4 Å². The fourth-order valence-corrected chi connectivity index (χ4v) is 2.93. The van der Waals surface area contributed by atoms with Crippen LogP contribution in [0.3, 0.4) is 0 Å². The number of pyridine rings is 1. The molecule has 0 saturated carbocycles. The van der Waals surface area contributed by atoms with E-state index >= 15 is 0 Å². The van der Waals surface area contributed by atoms with Crippen LogP contribution in [-0.2, 0) is 4.74 Å². The Morgan fingerprint density at radius 3 is 2.70 bits per heavy atom. The molecule has 1 fully saturated rings. The molecule has 1 unspecified atom stereocenters. The van der Waals surface area contributed by atoms with Crippen LogP contribution in [-0.4, -0.2) is 61.9 Å². The molecule has 1 saturated heterocycles. The van der Waals surface area contributed by atoms with Crippen molar-refractivity contribution in [1.82, 2.24) is 10.3 Å². The summed E-state index contributed by atoms with van der Waals surface area (Å²) in [6.07, 6.45) is 1.54. The first-order valence-corrected chi connectivity index (χ1v) is 9.84. The van der Waals surface area contributed by atoms with Gasteiger partial charge in [-0.2, -0.15) is 0 Å². The Labute approximate surface area is 175 Å². The van der Waals surface area contributed by atoms with Crippen molar-refractivity contribution < 1.29 is 19.0 Å². The number of ether oxygens (including phenoxy) is 1. The van der Waals surface area contributed by atoms with E-state index in [0.29, 0.717) is 35.7 Å². The van der Waals surface area contributed by atoms with Crippen molar-refractivity contribution in [2.45, 2.75) is 20.0 Å². The summed E-state index contributed by atoms with van der Waals surface area (Å²) in [6.45, 7) is 5.19. The van der Waals surface area contributed by atoms with Gasteiger partial charge in [0.15, 0.2) is 0 Å². The van der Waals surface area contributed by atoms with E-state index in [1.807, 2.05) is 20.9 Å². The predicted octanol–water partition coefficient (Wildman–Crippen LogP) is 2.86. The number of anilines is 2. The van der Waals surface area contributed by atoms with E-state index in [1.54, 1.807) is 35.4 Å². The average molecular weight is 417 g/mol. The van der Waals surface area contributed by atoms with Crippen molar-refractivity contribution in [3.63, 3.8) is 0 Å². The molecule has 2 heterocycles. The van der Waals surface area contributed by atoms with E-state index in [1.165, 1.54) is 17.3 Å². The van der Waals surface area contributed by atoms with Crippen LogP contribution in [0.1, 0.15) is 13.8 Å². The SMILES string of the molecule is CC.CNCCN(C=N)c1ccc(-c2ccc(N3CC(CO)OC3=O)cc2F)cn1. The van der Waals surface area contributed by atoms with Crippen LogP contribution in [0.4, 0.5) is 20.7 Å². The van der Waals surface area contributed by atoms with Crippen molar-refractivity contribution in [3.05, 3.63) is 42.3 Å². The van der Waals surface area contributed by atoms with Crippen molar-refractivity contribution in [2.75, 3.05) is 43.1 Å². The van der Waals surface area contributed by atoms with Gasteiger partial charge in [0.2, 0.25) is 0 Å². The van der Waals surface area contributed by atoms with Gasteiger partial charge in [0.1, 0.15) is 17.7 Å². The molecule has 3 rings (SSSR count). The summed E-state index contributed by atoms with van der Waals surface area (Å²) >= 11 is 0. The number of hydrogen-bond acceptors (Lipinski definition) is 6. The molecule has 1 aromatic carbocycles.